The molecule has 0 aliphatic rings. The Morgan fingerprint density at radius 3 is 2.16 bits per heavy atom. The molecule has 0 heterocycles. The Morgan fingerprint density at radius 1 is 0.871 bits per heavy atom. The Kier molecular flexibility index (Phi) is 7.22. The highest BCUT2D eigenvalue weighted by atomic mass is 19.1. The van der Waals surface area contributed by atoms with Crippen molar-refractivity contribution in [2.24, 2.45) is 0 Å². The van der Waals surface area contributed by atoms with Crippen LogP contribution in [0.15, 0.2) is 78.9 Å². The van der Waals surface area contributed by atoms with Gasteiger partial charge in [-0.3, -0.25) is 14.4 Å². The third kappa shape index (κ3) is 5.82. The number of Topliss-reactive ketones (excluding diaryl/α,β-unsaturated/α-hetero) is 1. The van der Waals surface area contributed by atoms with Gasteiger partial charge in [-0.15, -0.1) is 0 Å². The molecule has 0 bridgehead atoms. The molecule has 0 aromatic heterocycles. The van der Waals surface area contributed by atoms with Gasteiger partial charge in [0.2, 0.25) is 5.78 Å². The van der Waals surface area contributed by atoms with E-state index in [-0.39, 0.29) is 24.3 Å². The van der Waals surface area contributed by atoms with E-state index in [4.69, 9.17) is 4.74 Å². The first-order valence-electron chi connectivity index (χ1n) is 9.52. The smallest absolute Gasteiger partial charge is 0.308 e. The van der Waals surface area contributed by atoms with E-state index in [0.717, 1.165) is 12.1 Å². The molecule has 31 heavy (non-hydrogen) atoms. The molecule has 0 aliphatic carbocycles. The lowest BCUT2D eigenvalue weighted by atomic mass is 10.00. The molecule has 1 atom stereocenters. The fourth-order valence-corrected chi connectivity index (χ4v) is 2.89. The third-order valence-electron chi connectivity index (χ3n) is 4.44. The molecular formula is C24H19F2NO4. The molecule has 0 aliphatic heterocycles. The zero-order valence-corrected chi connectivity index (χ0v) is 16.4. The van der Waals surface area contributed by atoms with Crippen LogP contribution >= 0.6 is 0 Å². The first kappa shape index (κ1) is 21.8. The first-order valence-corrected chi connectivity index (χ1v) is 9.52. The number of benzene rings is 3. The highest BCUT2D eigenvalue weighted by Gasteiger charge is 2.26. The Hall–Kier alpha value is -3.87. The molecule has 1 unspecified atom stereocenters. The van der Waals surface area contributed by atoms with E-state index in [1.165, 1.54) is 0 Å². The van der Waals surface area contributed by atoms with E-state index < -0.39 is 29.6 Å². The molecule has 0 saturated carbocycles. The standard InChI is InChI=1S/C24H19F2NO4/c25-18-11-12-19(20(26)15-18)24(30)27-14-13-21(28)31-23(17-9-5-2-6-10-17)22(29)16-7-3-1-4-8-16/h1-12,15,23H,13-14H2,(H,27,30). The number of hydrogen-bond donors (Lipinski definition) is 1. The van der Waals surface area contributed by atoms with Gasteiger partial charge in [-0.2, -0.15) is 0 Å². The van der Waals surface area contributed by atoms with Gasteiger partial charge in [0.15, 0.2) is 6.10 Å². The minimum absolute atomic E-state index is 0.143. The fraction of sp³-hybridized carbons (Fsp3) is 0.125. The van der Waals surface area contributed by atoms with E-state index in [0.29, 0.717) is 17.2 Å². The second-order valence-corrected chi connectivity index (χ2v) is 6.64. The Balaban J connectivity index is 1.63. The molecule has 7 heteroatoms. The molecule has 3 aromatic carbocycles. The highest BCUT2D eigenvalue weighted by Crippen LogP contribution is 2.23. The van der Waals surface area contributed by atoms with Gasteiger partial charge in [-0.1, -0.05) is 60.7 Å². The number of amides is 1. The van der Waals surface area contributed by atoms with Crippen molar-refractivity contribution in [3.63, 3.8) is 0 Å². The second-order valence-electron chi connectivity index (χ2n) is 6.64. The highest BCUT2D eigenvalue weighted by molar-refractivity contribution is 6.01. The second kappa shape index (κ2) is 10.2. The van der Waals surface area contributed by atoms with Crippen LogP contribution in [0.1, 0.15) is 38.8 Å². The maximum Gasteiger partial charge on any atom is 0.308 e. The molecule has 0 fully saturated rings. The van der Waals surface area contributed by atoms with Gasteiger partial charge < -0.3 is 10.1 Å². The SMILES string of the molecule is O=C(CCNC(=O)c1ccc(F)cc1F)OC(C(=O)c1ccccc1)c1ccccc1. The van der Waals surface area contributed by atoms with Crippen molar-refractivity contribution >= 4 is 17.7 Å². The van der Waals surface area contributed by atoms with Crippen molar-refractivity contribution in [3.8, 4) is 0 Å². The van der Waals surface area contributed by atoms with E-state index in [1.54, 1.807) is 60.7 Å². The summed E-state index contributed by atoms with van der Waals surface area (Å²) in [6.45, 7) is -0.143. The van der Waals surface area contributed by atoms with Gasteiger partial charge in [0.1, 0.15) is 11.6 Å². The number of ether oxygens (including phenoxy) is 1. The van der Waals surface area contributed by atoms with Gasteiger partial charge >= 0.3 is 5.97 Å². The zero-order chi connectivity index (χ0) is 22.2. The molecule has 3 rings (SSSR count). The molecule has 1 N–H and O–H groups in total. The predicted octanol–water partition coefficient (Wildman–Crippen LogP) is 4.25. The van der Waals surface area contributed by atoms with Crippen molar-refractivity contribution in [1.82, 2.24) is 5.32 Å². The zero-order valence-electron chi connectivity index (χ0n) is 16.4. The van der Waals surface area contributed by atoms with E-state index in [1.807, 2.05) is 0 Å². The number of rotatable bonds is 8. The third-order valence-corrected chi connectivity index (χ3v) is 4.44. The number of nitrogens with one attached hydrogen (secondary N) is 1. The van der Waals surface area contributed by atoms with E-state index >= 15 is 0 Å². The van der Waals surface area contributed by atoms with Crippen LogP contribution in [-0.4, -0.2) is 24.2 Å². The Labute approximate surface area is 177 Å². The Bertz CT molecular complexity index is 1070. The van der Waals surface area contributed by atoms with Crippen LogP contribution in [-0.2, 0) is 9.53 Å². The predicted molar refractivity (Wildman–Crippen MR) is 109 cm³/mol. The number of carbonyl (C=O) groups excluding carboxylic acids is 3. The minimum atomic E-state index is -1.14. The summed E-state index contributed by atoms with van der Waals surface area (Å²) >= 11 is 0. The van der Waals surface area contributed by atoms with Crippen LogP contribution in [0.25, 0.3) is 0 Å². The summed E-state index contributed by atoms with van der Waals surface area (Å²) in [6.07, 6.45) is -1.37. The molecule has 3 aromatic rings. The van der Waals surface area contributed by atoms with Gasteiger partial charge in [0.25, 0.3) is 5.91 Å². The lowest BCUT2D eigenvalue weighted by Crippen LogP contribution is -2.28. The summed E-state index contributed by atoms with van der Waals surface area (Å²) in [5.41, 5.74) is 0.572. The van der Waals surface area contributed by atoms with E-state index in [9.17, 15) is 23.2 Å². The van der Waals surface area contributed by atoms with Gasteiger partial charge in [0, 0.05) is 23.7 Å². The molecule has 0 spiro atoms. The van der Waals surface area contributed by atoms with E-state index in [2.05, 4.69) is 5.32 Å². The van der Waals surface area contributed by atoms with Crippen LogP contribution < -0.4 is 5.32 Å². The van der Waals surface area contributed by atoms with Crippen LogP contribution in [0.5, 0.6) is 0 Å². The largest absolute Gasteiger partial charge is 0.449 e. The topological polar surface area (TPSA) is 72.5 Å². The monoisotopic (exact) mass is 423 g/mol. The number of ketones is 1. The first-order chi connectivity index (χ1) is 15.0. The van der Waals surface area contributed by atoms with Crippen molar-refractivity contribution in [2.75, 3.05) is 6.54 Å². The fourth-order valence-electron chi connectivity index (χ4n) is 2.89. The molecule has 158 valence electrons. The molecule has 0 radical (unpaired) electrons. The lowest BCUT2D eigenvalue weighted by molar-refractivity contribution is -0.147. The van der Waals surface area contributed by atoms with Crippen molar-refractivity contribution in [3.05, 3.63) is 107 Å². The number of halogens is 2. The summed E-state index contributed by atoms with van der Waals surface area (Å²) in [6, 6.07) is 19.6. The average molecular weight is 423 g/mol. The average Bonchev–Trinajstić information content (AvgIpc) is 2.78. The summed E-state index contributed by atoms with van der Waals surface area (Å²) in [5, 5.41) is 2.38. The summed E-state index contributed by atoms with van der Waals surface area (Å²) < 4.78 is 32.0. The maximum absolute atomic E-state index is 13.7. The molecular weight excluding hydrogens is 404 g/mol. The maximum atomic E-state index is 13.7. The van der Waals surface area contributed by atoms with Crippen molar-refractivity contribution in [1.29, 1.82) is 0 Å². The summed E-state index contributed by atoms with van der Waals surface area (Å²) in [4.78, 5) is 37.3. The summed E-state index contributed by atoms with van der Waals surface area (Å²) in [5.74, 6) is -3.67. The Morgan fingerprint density at radius 2 is 1.52 bits per heavy atom. The molecule has 0 saturated heterocycles. The lowest BCUT2D eigenvalue weighted by Gasteiger charge is -2.17. The van der Waals surface area contributed by atoms with Crippen molar-refractivity contribution < 1.29 is 27.9 Å². The van der Waals surface area contributed by atoms with Crippen LogP contribution in [0.3, 0.4) is 0 Å². The van der Waals surface area contributed by atoms with Crippen LogP contribution in [0, 0.1) is 11.6 Å². The van der Waals surface area contributed by atoms with Gasteiger partial charge in [-0.05, 0) is 12.1 Å². The molecule has 1 amide bonds. The van der Waals surface area contributed by atoms with Crippen LogP contribution in [0.4, 0.5) is 8.78 Å². The minimum Gasteiger partial charge on any atom is -0.449 e. The summed E-state index contributed by atoms with van der Waals surface area (Å²) in [7, 11) is 0. The number of esters is 1. The van der Waals surface area contributed by atoms with Crippen LogP contribution in [0.2, 0.25) is 0 Å². The van der Waals surface area contributed by atoms with Crippen molar-refractivity contribution in [2.45, 2.75) is 12.5 Å². The quantitative estimate of drug-likeness (QED) is 0.434. The normalized spacial score (nSPS) is 11.4. The number of hydrogen-bond acceptors (Lipinski definition) is 4. The molecule has 5 nitrogen and oxygen atoms in total. The van der Waals surface area contributed by atoms with Gasteiger partial charge in [-0.25, -0.2) is 8.78 Å². The number of carbonyl (C=O) groups is 3. The van der Waals surface area contributed by atoms with Gasteiger partial charge in [0.05, 0.1) is 12.0 Å².